The zero-order valence-corrected chi connectivity index (χ0v) is 11.0. The number of sulfonamides is 1. The molecule has 0 atom stereocenters. The van der Waals surface area contributed by atoms with Crippen LogP contribution in [0.5, 0.6) is 0 Å². The van der Waals surface area contributed by atoms with Gasteiger partial charge in [-0.05, 0) is 38.8 Å². The van der Waals surface area contributed by atoms with Gasteiger partial charge in [0.15, 0.2) is 0 Å². The van der Waals surface area contributed by atoms with Gasteiger partial charge in [-0.2, -0.15) is 4.31 Å². The van der Waals surface area contributed by atoms with Crippen LogP contribution in [0.25, 0.3) is 0 Å². The van der Waals surface area contributed by atoms with E-state index in [2.05, 4.69) is 4.98 Å². The van der Waals surface area contributed by atoms with Crippen LogP contribution in [0.2, 0.25) is 0 Å². The van der Waals surface area contributed by atoms with Crippen molar-refractivity contribution in [3.05, 3.63) is 30.1 Å². The molecule has 1 fully saturated rings. The minimum atomic E-state index is -3.18. The molecule has 0 unspecified atom stereocenters. The zero-order chi connectivity index (χ0) is 12.5. The first-order valence-corrected chi connectivity index (χ1v) is 7.42. The number of hydrogen-bond acceptors (Lipinski definition) is 3. The molecule has 4 nitrogen and oxygen atoms in total. The van der Waals surface area contributed by atoms with Crippen LogP contribution in [-0.4, -0.2) is 29.0 Å². The van der Waals surface area contributed by atoms with Crippen molar-refractivity contribution in [1.82, 2.24) is 9.29 Å². The average Bonchev–Trinajstić information content (AvgIpc) is 3.10. The Morgan fingerprint density at radius 1 is 1.41 bits per heavy atom. The molecule has 1 aromatic rings. The summed E-state index contributed by atoms with van der Waals surface area (Å²) >= 11 is 0. The molecule has 0 aliphatic heterocycles. The first-order chi connectivity index (χ1) is 8.01. The van der Waals surface area contributed by atoms with E-state index in [0.29, 0.717) is 6.54 Å². The second kappa shape index (κ2) is 4.74. The average molecular weight is 254 g/mol. The van der Waals surface area contributed by atoms with Gasteiger partial charge in [0.2, 0.25) is 10.0 Å². The maximum atomic E-state index is 12.2. The summed E-state index contributed by atoms with van der Waals surface area (Å²) in [5.74, 6) is 0. The molecule has 0 bridgehead atoms. The second-order valence-electron chi connectivity index (χ2n) is 4.69. The summed E-state index contributed by atoms with van der Waals surface area (Å²) < 4.78 is 26.0. The molecule has 1 aliphatic rings. The quantitative estimate of drug-likeness (QED) is 0.805. The summed E-state index contributed by atoms with van der Waals surface area (Å²) in [4.78, 5) is 4.20. The fraction of sp³-hybridized carbons (Fsp3) is 0.583. The maximum Gasteiger partial charge on any atom is 0.217 e. The van der Waals surface area contributed by atoms with Crippen molar-refractivity contribution in [2.24, 2.45) is 0 Å². The van der Waals surface area contributed by atoms with Crippen molar-refractivity contribution in [1.29, 1.82) is 0 Å². The monoisotopic (exact) mass is 254 g/mol. The Labute approximate surface area is 103 Å². The minimum absolute atomic E-state index is 0.185. The lowest BCUT2D eigenvalue weighted by molar-refractivity contribution is 0.390. The molecule has 0 radical (unpaired) electrons. The Morgan fingerprint density at radius 2 is 2.12 bits per heavy atom. The van der Waals surface area contributed by atoms with E-state index in [9.17, 15) is 8.42 Å². The van der Waals surface area contributed by atoms with Crippen LogP contribution in [0, 0.1) is 0 Å². The van der Waals surface area contributed by atoms with Crippen molar-refractivity contribution in [2.45, 2.75) is 44.5 Å². The number of pyridine rings is 1. The summed E-state index contributed by atoms with van der Waals surface area (Å²) in [5.41, 5.74) is 0.809. The van der Waals surface area contributed by atoms with Crippen molar-refractivity contribution < 1.29 is 8.42 Å². The number of aromatic nitrogens is 1. The van der Waals surface area contributed by atoms with Gasteiger partial charge in [0.05, 0.1) is 17.5 Å². The molecular formula is C12H18N2O2S. The van der Waals surface area contributed by atoms with Crippen LogP contribution < -0.4 is 0 Å². The second-order valence-corrected chi connectivity index (χ2v) is 7.13. The zero-order valence-electron chi connectivity index (χ0n) is 10.2. The van der Waals surface area contributed by atoms with Gasteiger partial charge in [-0.3, -0.25) is 4.98 Å². The fourth-order valence-corrected chi connectivity index (χ4v) is 3.19. The van der Waals surface area contributed by atoms with E-state index in [0.717, 1.165) is 18.5 Å². The summed E-state index contributed by atoms with van der Waals surface area (Å²) in [6.07, 6.45) is 3.64. The number of rotatable bonds is 5. The molecule has 1 aromatic heterocycles. The van der Waals surface area contributed by atoms with E-state index in [1.165, 1.54) is 0 Å². The standard InChI is InChI=1S/C12H18N2O2S/c1-10(2)17(15,16)14(12-6-7-12)9-11-5-3-4-8-13-11/h3-5,8,10,12H,6-7,9H2,1-2H3. The molecule has 2 rings (SSSR count). The highest BCUT2D eigenvalue weighted by Gasteiger charge is 2.38. The van der Waals surface area contributed by atoms with E-state index < -0.39 is 10.0 Å². The van der Waals surface area contributed by atoms with Gasteiger partial charge in [0.25, 0.3) is 0 Å². The van der Waals surface area contributed by atoms with Gasteiger partial charge < -0.3 is 0 Å². The summed E-state index contributed by atoms with van der Waals surface area (Å²) in [6.45, 7) is 3.85. The Hall–Kier alpha value is -0.940. The topological polar surface area (TPSA) is 50.3 Å². The highest BCUT2D eigenvalue weighted by Crippen LogP contribution is 2.31. The molecular weight excluding hydrogens is 236 g/mol. The van der Waals surface area contributed by atoms with E-state index >= 15 is 0 Å². The molecule has 1 saturated carbocycles. The molecule has 0 N–H and O–H groups in total. The van der Waals surface area contributed by atoms with Crippen molar-refractivity contribution in [2.75, 3.05) is 0 Å². The molecule has 0 saturated heterocycles. The third-order valence-electron chi connectivity index (χ3n) is 2.92. The van der Waals surface area contributed by atoms with Crippen LogP contribution in [-0.2, 0) is 16.6 Å². The van der Waals surface area contributed by atoms with Crippen LogP contribution in [0.4, 0.5) is 0 Å². The summed E-state index contributed by atoms with van der Waals surface area (Å²) in [5, 5.41) is -0.369. The van der Waals surface area contributed by atoms with Gasteiger partial charge in [-0.25, -0.2) is 8.42 Å². The lowest BCUT2D eigenvalue weighted by Gasteiger charge is -2.23. The molecule has 0 spiro atoms. The lowest BCUT2D eigenvalue weighted by Crippen LogP contribution is -2.37. The van der Waals surface area contributed by atoms with E-state index in [-0.39, 0.29) is 11.3 Å². The maximum absolute atomic E-state index is 12.2. The summed E-state index contributed by atoms with van der Waals surface area (Å²) in [7, 11) is -3.18. The Balaban J connectivity index is 2.20. The van der Waals surface area contributed by atoms with Gasteiger partial charge in [-0.1, -0.05) is 6.07 Å². The van der Waals surface area contributed by atoms with E-state index in [4.69, 9.17) is 0 Å². The van der Waals surface area contributed by atoms with Crippen LogP contribution in [0.3, 0.4) is 0 Å². The van der Waals surface area contributed by atoms with Crippen molar-refractivity contribution in [3.63, 3.8) is 0 Å². The number of hydrogen-bond donors (Lipinski definition) is 0. The van der Waals surface area contributed by atoms with Gasteiger partial charge in [0, 0.05) is 12.2 Å². The largest absolute Gasteiger partial charge is 0.260 e. The third-order valence-corrected chi connectivity index (χ3v) is 5.19. The van der Waals surface area contributed by atoms with E-state index in [1.807, 2.05) is 18.2 Å². The van der Waals surface area contributed by atoms with E-state index in [1.54, 1.807) is 24.3 Å². The van der Waals surface area contributed by atoms with Crippen molar-refractivity contribution in [3.8, 4) is 0 Å². The van der Waals surface area contributed by atoms with Gasteiger partial charge >= 0.3 is 0 Å². The molecule has 94 valence electrons. The summed E-state index contributed by atoms with van der Waals surface area (Å²) in [6, 6.07) is 5.77. The molecule has 5 heteroatoms. The van der Waals surface area contributed by atoms with Crippen LogP contribution in [0.15, 0.2) is 24.4 Å². The Morgan fingerprint density at radius 3 is 2.59 bits per heavy atom. The molecule has 17 heavy (non-hydrogen) atoms. The van der Waals surface area contributed by atoms with Crippen LogP contribution in [0.1, 0.15) is 32.4 Å². The normalized spacial score (nSPS) is 16.7. The third kappa shape index (κ3) is 2.84. The highest BCUT2D eigenvalue weighted by molar-refractivity contribution is 7.89. The van der Waals surface area contributed by atoms with Crippen LogP contribution >= 0.6 is 0 Å². The smallest absolute Gasteiger partial charge is 0.217 e. The fourth-order valence-electron chi connectivity index (χ4n) is 1.71. The SMILES string of the molecule is CC(C)S(=O)(=O)N(Cc1ccccn1)C1CC1. The first-order valence-electron chi connectivity index (χ1n) is 5.92. The minimum Gasteiger partial charge on any atom is -0.260 e. The highest BCUT2D eigenvalue weighted by atomic mass is 32.2. The predicted octanol–water partition coefficient (Wildman–Crippen LogP) is 1.78. The Bertz CT molecular complexity index is 467. The Kier molecular flexibility index (Phi) is 3.49. The van der Waals surface area contributed by atoms with Crippen molar-refractivity contribution >= 4 is 10.0 Å². The predicted molar refractivity (Wildman–Crippen MR) is 66.9 cm³/mol. The number of nitrogens with zero attached hydrogens (tertiary/aromatic N) is 2. The lowest BCUT2D eigenvalue weighted by atomic mass is 10.3. The molecule has 1 heterocycles. The molecule has 1 aliphatic carbocycles. The van der Waals surface area contributed by atoms with Gasteiger partial charge in [-0.15, -0.1) is 0 Å². The molecule has 0 amide bonds. The molecule has 0 aromatic carbocycles. The van der Waals surface area contributed by atoms with Gasteiger partial charge in [0.1, 0.15) is 0 Å². The first kappa shape index (κ1) is 12.5.